The van der Waals surface area contributed by atoms with E-state index in [1.54, 1.807) is 24.3 Å². The summed E-state index contributed by atoms with van der Waals surface area (Å²) in [6.07, 6.45) is 0. The number of benzene rings is 3. The van der Waals surface area contributed by atoms with Gasteiger partial charge in [0.1, 0.15) is 16.9 Å². The van der Waals surface area contributed by atoms with Gasteiger partial charge in [-0.3, -0.25) is 0 Å². The minimum atomic E-state index is -3.10. The van der Waals surface area contributed by atoms with Gasteiger partial charge in [-0.05, 0) is 30.3 Å². The lowest BCUT2D eigenvalue weighted by molar-refractivity contribution is 0.0191. The van der Waals surface area contributed by atoms with Crippen molar-refractivity contribution in [1.29, 1.82) is 0 Å². The van der Waals surface area contributed by atoms with E-state index in [-0.39, 0.29) is 33.4 Å². The molecule has 4 rings (SSSR count). The maximum absolute atomic E-state index is 14.2. The number of hydrogen-bond acceptors (Lipinski definition) is 3. The molecule has 0 fully saturated rings. The highest BCUT2D eigenvalue weighted by molar-refractivity contribution is 6.12. The lowest BCUT2D eigenvalue weighted by atomic mass is 9.95. The number of carboxylic acid groups (broad SMARTS) is 1. The normalized spacial score (nSPS) is 12.0. The summed E-state index contributed by atoms with van der Waals surface area (Å²) >= 11 is 0. The fourth-order valence-corrected chi connectivity index (χ4v) is 3.29. The van der Waals surface area contributed by atoms with Crippen molar-refractivity contribution in [2.75, 3.05) is 0 Å². The molecule has 0 unspecified atom stereocenters. The minimum absolute atomic E-state index is 0.0306. The molecule has 0 saturated carbocycles. The van der Waals surface area contributed by atoms with Crippen LogP contribution in [0.3, 0.4) is 0 Å². The van der Waals surface area contributed by atoms with Crippen molar-refractivity contribution in [3.05, 3.63) is 65.7 Å². The summed E-state index contributed by atoms with van der Waals surface area (Å²) in [4.78, 5) is 11.3. The SMILES string of the molecule is CC(F)(F)c1ccc(-c2cc(C(=O)O)ccc2O)c2oc3ccccc3c12. The third kappa shape index (κ3) is 2.70. The second-order valence-corrected chi connectivity index (χ2v) is 6.39. The average molecular weight is 368 g/mol. The van der Waals surface area contributed by atoms with E-state index in [0.29, 0.717) is 16.5 Å². The minimum Gasteiger partial charge on any atom is -0.507 e. The molecule has 1 heterocycles. The quantitative estimate of drug-likeness (QED) is 0.482. The first-order valence-corrected chi connectivity index (χ1v) is 8.16. The Labute approximate surface area is 152 Å². The molecule has 27 heavy (non-hydrogen) atoms. The van der Waals surface area contributed by atoms with Crippen LogP contribution in [0, 0.1) is 0 Å². The lowest BCUT2D eigenvalue weighted by Crippen LogP contribution is -2.07. The number of phenols is 1. The van der Waals surface area contributed by atoms with Gasteiger partial charge in [0.2, 0.25) is 0 Å². The molecule has 3 aromatic carbocycles. The van der Waals surface area contributed by atoms with Gasteiger partial charge in [-0.25, -0.2) is 13.6 Å². The van der Waals surface area contributed by atoms with Crippen LogP contribution in [0.1, 0.15) is 22.8 Å². The number of carbonyl (C=O) groups is 1. The molecule has 0 aliphatic heterocycles. The Morgan fingerprint density at radius 3 is 2.48 bits per heavy atom. The Kier molecular flexibility index (Phi) is 3.66. The first-order chi connectivity index (χ1) is 12.8. The van der Waals surface area contributed by atoms with Gasteiger partial charge in [-0.15, -0.1) is 0 Å². The third-order valence-corrected chi connectivity index (χ3v) is 4.53. The molecule has 4 nitrogen and oxygen atoms in total. The molecule has 0 amide bonds. The Morgan fingerprint density at radius 1 is 1.04 bits per heavy atom. The number of aromatic hydroxyl groups is 1. The lowest BCUT2D eigenvalue weighted by Gasteiger charge is -2.14. The van der Waals surface area contributed by atoms with E-state index in [1.807, 2.05) is 0 Å². The number of hydrogen-bond donors (Lipinski definition) is 2. The van der Waals surface area contributed by atoms with Gasteiger partial charge < -0.3 is 14.6 Å². The van der Waals surface area contributed by atoms with E-state index in [9.17, 15) is 23.8 Å². The molecule has 136 valence electrons. The summed E-state index contributed by atoms with van der Waals surface area (Å²) in [5.74, 6) is -4.43. The smallest absolute Gasteiger partial charge is 0.335 e. The number of phenolic OH excluding ortho intramolecular Hbond substituents is 1. The van der Waals surface area contributed by atoms with Crippen LogP contribution in [0.25, 0.3) is 33.1 Å². The highest BCUT2D eigenvalue weighted by Gasteiger charge is 2.30. The Balaban J connectivity index is 2.13. The number of para-hydroxylation sites is 1. The van der Waals surface area contributed by atoms with Crippen LogP contribution in [0.2, 0.25) is 0 Å². The van der Waals surface area contributed by atoms with Crippen molar-refractivity contribution >= 4 is 27.9 Å². The van der Waals surface area contributed by atoms with Crippen molar-refractivity contribution in [3.8, 4) is 16.9 Å². The Bertz CT molecular complexity index is 1200. The molecular formula is C21H14F2O4. The van der Waals surface area contributed by atoms with Gasteiger partial charge in [0.05, 0.1) is 5.56 Å². The Morgan fingerprint density at radius 2 is 1.78 bits per heavy atom. The van der Waals surface area contributed by atoms with Crippen molar-refractivity contribution in [1.82, 2.24) is 0 Å². The molecule has 0 saturated heterocycles. The van der Waals surface area contributed by atoms with Gasteiger partial charge in [0.25, 0.3) is 5.92 Å². The number of furan rings is 1. The summed E-state index contributed by atoms with van der Waals surface area (Å²) in [7, 11) is 0. The molecule has 6 heteroatoms. The first-order valence-electron chi connectivity index (χ1n) is 8.16. The van der Waals surface area contributed by atoms with Gasteiger partial charge in [0.15, 0.2) is 0 Å². The molecule has 0 bridgehead atoms. The van der Waals surface area contributed by atoms with Crippen molar-refractivity contribution in [2.24, 2.45) is 0 Å². The fraction of sp³-hybridized carbons (Fsp3) is 0.0952. The van der Waals surface area contributed by atoms with Gasteiger partial charge in [-0.1, -0.05) is 24.3 Å². The third-order valence-electron chi connectivity index (χ3n) is 4.53. The standard InChI is InChI=1S/C21H14F2O4/c1-21(22,23)15-8-7-12(14-10-11(20(25)26)6-9-16(14)24)19-18(15)13-4-2-3-5-17(13)27-19/h2-10,24H,1H3,(H,25,26). The van der Waals surface area contributed by atoms with Crippen LogP contribution in [-0.4, -0.2) is 16.2 Å². The summed E-state index contributed by atoms with van der Waals surface area (Å²) in [5.41, 5.74) is 0.921. The molecule has 1 aromatic heterocycles. The largest absolute Gasteiger partial charge is 0.507 e. The van der Waals surface area contributed by atoms with E-state index >= 15 is 0 Å². The molecule has 0 radical (unpaired) electrons. The van der Waals surface area contributed by atoms with Crippen LogP contribution in [0.15, 0.2) is 59.0 Å². The highest BCUT2D eigenvalue weighted by atomic mass is 19.3. The van der Waals surface area contributed by atoms with Crippen molar-refractivity contribution in [2.45, 2.75) is 12.8 Å². The van der Waals surface area contributed by atoms with E-state index in [0.717, 1.165) is 6.92 Å². The van der Waals surface area contributed by atoms with Gasteiger partial charge in [0, 0.05) is 34.4 Å². The molecule has 2 N–H and O–H groups in total. The zero-order valence-corrected chi connectivity index (χ0v) is 14.2. The summed E-state index contributed by atoms with van der Waals surface area (Å²) in [6.45, 7) is 0.811. The topological polar surface area (TPSA) is 70.7 Å². The van der Waals surface area contributed by atoms with Crippen LogP contribution in [-0.2, 0) is 5.92 Å². The van der Waals surface area contributed by atoms with Crippen LogP contribution in [0.5, 0.6) is 5.75 Å². The zero-order chi connectivity index (χ0) is 19.3. The summed E-state index contributed by atoms with van der Waals surface area (Å²) < 4.78 is 34.2. The van der Waals surface area contributed by atoms with E-state index in [2.05, 4.69) is 0 Å². The van der Waals surface area contributed by atoms with Crippen LogP contribution in [0.4, 0.5) is 8.78 Å². The van der Waals surface area contributed by atoms with Gasteiger partial charge >= 0.3 is 5.97 Å². The van der Waals surface area contributed by atoms with Crippen molar-refractivity contribution < 1.29 is 28.2 Å². The van der Waals surface area contributed by atoms with Crippen molar-refractivity contribution in [3.63, 3.8) is 0 Å². The first kappa shape index (κ1) is 17.0. The van der Waals surface area contributed by atoms with E-state index < -0.39 is 11.9 Å². The molecule has 0 spiro atoms. The van der Waals surface area contributed by atoms with E-state index in [4.69, 9.17) is 4.42 Å². The highest BCUT2D eigenvalue weighted by Crippen LogP contribution is 2.44. The number of carboxylic acids is 1. The molecule has 0 aliphatic carbocycles. The number of aromatic carboxylic acids is 1. The number of halogens is 2. The molecule has 4 aromatic rings. The fourth-order valence-electron chi connectivity index (χ4n) is 3.29. The maximum atomic E-state index is 14.2. The summed E-state index contributed by atoms with van der Waals surface area (Å²) in [6, 6.07) is 13.3. The average Bonchev–Trinajstić information content (AvgIpc) is 3.00. The molecule has 0 atom stereocenters. The van der Waals surface area contributed by atoms with E-state index in [1.165, 1.54) is 30.3 Å². The van der Waals surface area contributed by atoms with Crippen LogP contribution >= 0.6 is 0 Å². The summed E-state index contributed by atoms with van der Waals surface area (Å²) in [5, 5.41) is 20.2. The second-order valence-electron chi connectivity index (χ2n) is 6.39. The zero-order valence-electron chi connectivity index (χ0n) is 14.2. The molecule has 0 aliphatic rings. The maximum Gasteiger partial charge on any atom is 0.335 e. The molecular weight excluding hydrogens is 354 g/mol. The predicted octanol–water partition coefficient (Wildman–Crippen LogP) is 5.77. The van der Waals surface area contributed by atoms with Crippen LogP contribution < -0.4 is 0 Å². The monoisotopic (exact) mass is 368 g/mol. The number of alkyl halides is 2. The van der Waals surface area contributed by atoms with Gasteiger partial charge in [-0.2, -0.15) is 0 Å². The number of fused-ring (bicyclic) bond motifs is 3. The Hall–Kier alpha value is -3.41. The second kappa shape index (κ2) is 5.81. The predicted molar refractivity (Wildman–Crippen MR) is 97.3 cm³/mol. The number of rotatable bonds is 3.